The van der Waals surface area contributed by atoms with Crippen molar-refractivity contribution in [2.75, 3.05) is 18.1 Å². The second kappa shape index (κ2) is 8.12. The first-order chi connectivity index (χ1) is 13.3. The molecule has 0 atom stereocenters. The molecule has 0 spiro atoms. The highest BCUT2D eigenvalue weighted by Gasteiger charge is 2.26. The Kier molecular flexibility index (Phi) is 5.81. The van der Waals surface area contributed by atoms with E-state index in [9.17, 15) is 24.1 Å². The molecule has 0 unspecified atom stereocenters. The second-order valence-corrected chi connectivity index (χ2v) is 6.86. The van der Waals surface area contributed by atoms with Gasteiger partial charge in [-0.25, -0.2) is 9.18 Å². The number of fused-ring (bicyclic) bond motifs is 1. The van der Waals surface area contributed by atoms with Gasteiger partial charge in [0.05, 0.1) is 20.5 Å². The molecule has 1 aliphatic rings. The van der Waals surface area contributed by atoms with Crippen molar-refractivity contribution in [3.63, 3.8) is 0 Å². The molecule has 3 rings (SSSR count). The number of amides is 1. The number of rotatable bonds is 4. The molecular weight excluding hydrogens is 414 g/mol. The number of carbonyl (C=O) groups is 2. The predicted molar refractivity (Wildman–Crippen MR) is 100 cm³/mol. The van der Waals surface area contributed by atoms with Gasteiger partial charge in [-0.05, 0) is 36.6 Å². The van der Waals surface area contributed by atoms with E-state index in [1.54, 1.807) is 0 Å². The number of nitrogens with zero attached hydrogens (tertiary/aromatic N) is 2. The van der Waals surface area contributed by atoms with Gasteiger partial charge in [0, 0.05) is 24.4 Å². The Morgan fingerprint density at radius 3 is 2.68 bits per heavy atom. The van der Waals surface area contributed by atoms with E-state index < -0.39 is 29.2 Å². The van der Waals surface area contributed by atoms with Gasteiger partial charge in [-0.1, -0.05) is 23.2 Å². The number of non-ortho nitro benzene ring substituents is 1. The van der Waals surface area contributed by atoms with Crippen molar-refractivity contribution in [2.24, 2.45) is 0 Å². The number of ether oxygens (including phenoxy) is 1. The van der Waals surface area contributed by atoms with Gasteiger partial charge >= 0.3 is 5.97 Å². The quantitative estimate of drug-likeness (QED) is 0.316. The van der Waals surface area contributed by atoms with Crippen molar-refractivity contribution < 1.29 is 23.6 Å². The van der Waals surface area contributed by atoms with Crippen LogP contribution in [0.15, 0.2) is 30.3 Å². The Morgan fingerprint density at radius 1 is 1.21 bits per heavy atom. The molecular formula is C18H13Cl2FN2O5. The molecule has 146 valence electrons. The standard InChI is InChI=1S/C18H13Cl2FN2O5/c19-13-8-14(20)15(21)7-12(13)18(25)28-9-17(24)22-5-1-2-10-6-11(23(26)27)3-4-16(10)22/h3-4,6-8H,1-2,5,9H2. The number of esters is 1. The number of carbonyl (C=O) groups excluding carboxylic acids is 2. The van der Waals surface area contributed by atoms with Gasteiger partial charge in [-0.3, -0.25) is 14.9 Å². The van der Waals surface area contributed by atoms with Crippen molar-refractivity contribution in [2.45, 2.75) is 12.8 Å². The number of nitro groups is 1. The van der Waals surface area contributed by atoms with E-state index in [1.165, 1.54) is 23.1 Å². The minimum atomic E-state index is -0.963. The molecule has 1 aliphatic heterocycles. The summed E-state index contributed by atoms with van der Waals surface area (Å²) in [6.07, 6.45) is 1.21. The fraction of sp³-hybridized carbons (Fsp3) is 0.222. The maximum absolute atomic E-state index is 13.5. The lowest BCUT2D eigenvalue weighted by molar-refractivity contribution is -0.384. The molecule has 0 saturated carbocycles. The van der Waals surface area contributed by atoms with E-state index in [0.717, 1.165) is 12.1 Å². The summed E-state index contributed by atoms with van der Waals surface area (Å²) in [7, 11) is 0. The van der Waals surface area contributed by atoms with Gasteiger partial charge < -0.3 is 9.64 Å². The molecule has 0 N–H and O–H groups in total. The molecule has 2 aromatic rings. The lowest BCUT2D eigenvalue weighted by atomic mass is 10.0. The largest absolute Gasteiger partial charge is 0.452 e. The minimum absolute atomic E-state index is 0.0566. The number of benzene rings is 2. The van der Waals surface area contributed by atoms with Crippen LogP contribution in [0.25, 0.3) is 0 Å². The molecule has 0 bridgehead atoms. The summed E-state index contributed by atoms with van der Waals surface area (Å²) < 4.78 is 18.5. The highest BCUT2D eigenvalue weighted by molar-refractivity contribution is 6.36. The third-order valence-electron chi connectivity index (χ3n) is 4.25. The third kappa shape index (κ3) is 4.07. The van der Waals surface area contributed by atoms with Gasteiger partial charge in [0.1, 0.15) is 5.82 Å². The second-order valence-electron chi connectivity index (χ2n) is 6.04. The van der Waals surface area contributed by atoms with Crippen LogP contribution >= 0.6 is 23.2 Å². The average Bonchev–Trinajstić information content (AvgIpc) is 2.67. The number of nitro benzene ring substituents is 1. The van der Waals surface area contributed by atoms with Crippen molar-refractivity contribution in [1.29, 1.82) is 0 Å². The first-order valence-corrected chi connectivity index (χ1v) is 8.93. The number of halogens is 3. The molecule has 0 fully saturated rings. The van der Waals surface area contributed by atoms with E-state index in [4.69, 9.17) is 27.9 Å². The molecule has 0 saturated heterocycles. The molecule has 1 heterocycles. The van der Waals surface area contributed by atoms with Crippen LogP contribution in [0.5, 0.6) is 0 Å². The molecule has 7 nitrogen and oxygen atoms in total. The fourth-order valence-electron chi connectivity index (χ4n) is 2.92. The lowest BCUT2D eigenvalue weighted by Gasteiger charge is -2.29. The minimum Gasteiger partial charge on any atom is -0.452 e. The lowest BCUT2D eigenvalue weighted by Crippen LogP contribution is -2.38. The van der Waals surface area contributed by atoms with Crippen LogP contribution in [0.1, 0.15) is 22.3 Å². The van der Waals surface area contributed by atoms with E-state index >= 15 is 0 Å². The van der Waals surface area contributed by atoms with Crippen LogP contribution in [0.3, 0.4) is 0 Å². The third-order valence-corrected chi connectivity index (χ3v) is 4.85. The van der Waals surface area contributed by atoms with Crippen LogP contribution < -0.4 is 4.90 Å². The van der Waals surface area contributed by atoms with Crippen LogP contribution in [-0.4, -0.2) is 30.0 Å². The van der Waals surface area contributed by atoms with Crippen molar-refractivity contribution in [3.05, 3.63) is 67.4 Å². The summed E-state index contributed by atoms with van der Waals surface area (Å²) in [5, 5.41) is 10.6. The van der Waals surface area contributed by atoms with Crippen LogP contribution in [0.4, 0.5) is 15.8 Å². The Bertz CT molecular complexity index is 983. The summed E-state index contributed by atoms with van der Waals surface area (Å²) in [5.41, 5.74) is 0.904. The summed E-state index contributed by atoms with van der Waals surface area (Å²) in [4.78, 5) is 36.4. The normalized spacial score (nSPS) is 13.0. The SMILES string of the molecule is O=C(OCC(=O)N1CCCc2cc([N+](=O)[O-])ccc21)c1cc(F)c(Cl)cc1Cl. The van der Waals surface area contributed by atoms with Crippen molar-refractivity contribution in [3.8, 4) is 0 Å². The maximum atomic E-state index is 13.5. The smallest absolute Gasteiger partial charge is 0.340 e. The topological polar surface area (TPSA) is 89.8 Å². The molecule has 1 amide bonds. The highest BCUT2D eigenvalue weighted by atomic mass is 35.5. The molecule has 28 heavy (non-hydrogen) atoms. The van der Waals surface area contributed by atoms with E-state index in [0.29, 0.717) is 30.6 Å². The fourth-order valence-corrected chi connectivity index (χ4v) is 3.38. The summed E-state index contributed by atoms with van der Waals surface area (Å²) in [6.45, 7) is -0.201. The molecule has 0 aromatic heterocycles. The van der Waals surface area contributed by atoms with Crippen molar-refractivity contribution >= 4 is 46.5 Å². The molecule has 0 aliphatic carbocycles. The van der Waals surface area contributed by atoms with E-state index in [-0.39, 0.29) is 21.3 Å². The van der Waals surface area contributed by atoms with E-state index in [2.05, 4.69) is 0 Å². The van der Waals surface area contributed by atoms with Gasteiger partial charge in [0.2, 0.25) is 0 Å². The Hall–Kier alpha value is -2.71. The Morgan fingerprint density at radius 2 is 1.96 bits per heavy atom. The average molecular weight is 427 g/mol. The monoisotopic (exact) mass is 426 g/mol. The number of aryl methyl sites for hydroxylation is 1. The Balaban J connectivity index is 1.72. The summed E-state index contributed by atoms with van der Waals surface area (Å²) in [5.74, 6) is -2.31. The van der Waals surface area contributed by atoms with Crippen LogP contribution in [-0.2, 0) is 16.0 Å². The van der Waals surface area contributed by atoms with Crippen LogP contribution in [0.2, 0.25) is 10.0 Å². The van der Waals surface area contributed by atoms with Gasteiger partial charge in [-0.15, -0.1) is 0 Å². The zero-order valence-corrected chi connectivity index (χ0v) is 15.8. The Labute approximate surface area is 168 Å². The predicted octanol–water partition coefficient (Wildman–Crippen LogP) is 4.18. The summed E-state index contributed by atoms with van der Waals surface area (Å²) >= 11 is 11.4. The zero-order valence-electron chi connectivity index (χ0n) is 14.3. The first-order valence-electron chi connectivity index (χ1n) is 8.17. The zero-order chi connectivity index (χ0) is 20.4. The number of anilines is 1. The van der Waals surface area contributed by atoms with Crippen molar-refractivity contribution in [1.82, 2.24) is 0 Å². The van der Waals surface area contributed by atoms with Gasteiger partial charge in [0.25, 0.3) is 11.6 Å². The number of hydrogen-bond donors (Lipinski definition) is 0. The highest BCUT2D eigenvalue weighted by Crippen LogP contribution is 2.31. The summed E-state index contributed by atoms with van der Waals surface area (Å²) in [6, 6.07) is 6.15. The number of hydrogen-bond acceptors (Lipinski definition) is 5. The van der Waals surface area contributed by atoms with Crippen LogP contribution in [0, 0.1) is 15.9 Å². The maximum Gasteiger partial charge on any atom is 0.340 e. The molecule has 10 heteroatoms. The van der Waals surface area contributed by atoms with Gasteiger partial charge in [-0.2, -0.15) is 0 Å². The van der Waals surface area contributed by atoms with E-state index in [1.807, 2.05) is 0 Å². The van der Waals surface area contributed by atoms with Gasteiger partial charge in [0.15, 0.2) is 6.61 Å². The molecule has 0 radical (unpaired) electrons. The molecule has 2 aromatic carbocycles. The first kappa shape index (κ1) is 20.0.